The molecule has 0 atom stereocenters. The summed E-state index contributed by atoms with van der Waals surface area (Å²) in [7, 11) is 0. The van der Waals surface area contributed by atoms with Crippen molar-refractivity contribution < 1.29 is 14.2 Å². The van der Waals surface area contributed by atoms with Gasteiger partial charge in [0.1, 0.15) is 11.6 Å². The lowest BCUT2D eigenvalue weighted by Crippen LogP contribution is -1.97. The van der Waals surface area contributed by atoms with Crippen LogP contribution in [0, 0.1) is 18.2 Å². The summed E-state index contributed by atoms with van der Waals surface area (Å²) < 4.78 is 18.1. The fourth-order valence-electron chi connectivity index (χ4n) is 1.02. The Balaban J connectivity index is 2.67. The highest BCUT2D eigenvalue weighted by atomic mass is 19.1. The van der Waals surface area contributed by atoms with E-state index in [9.17, 15) is 4.39 Å². The van der Waals surface area contributed by atoms with Gasteiger partial charge in [0.2, 0.25) is 0 Å². The Morgan fingerprint density at radius 1 is 1.43 bits per heavy atom. The van der Waals surface area contributed by atoms with Gasteiger partial charge in [-0.3, -0.25) is 0 Å². The fourth-order valence-corrected chi connectivity index (χ4v) is 1.02. The molecule has 0 aromatic heterocycles. The predicted octanol–water partition coefficient (Wildman–Crippen LogP) is 1.72. The fraction of sp³-hybridized carbons (Fsp3) is 0.273. The molecule has 74 valence electrons. The third-order valence-corrected chi connectivity index (χ3v) is 1.63. The summed E-state index contributed by atoms with van der Waals surface area (Å²) in [6.07, 6.45) is 5.51. The van der Waals surface area contributed by atoms with Crippen LogP contribution in [0.4, 0.5) is 4.39 Å². The minimum atomic E-state index is -0.424. The van der Waals surface area contributed by atoms with E-state index in [-0.39, 0.29) is 6.61 Å². The summed E-state index contributed by atoms with van der Waals surface area (Å²) in [6.45, 7) is 0.147. The molecule has 0 amide bonds. The third-order valence-electron chi connectivity index (χ3n) is 1.63. The largest absolute Gasteiger partial charge is 0.492 e. The van der Waals surface area contributed by atoms with Gasteiger partial charge in [-0.15, -0.1) is 12.3 Å². The molecule has 0 aliphatic rings. The average Bonchev–Trinajstić information content (AvgIpc) is 2.17. The molecule has 14 heavy (non-hydrogen) atoms. The van der Waals surface area contributed by atoms with Gasteiger partial charge in [-0.1, -0.05) is 0 Å². The zero-order valence-corrected chi connectivity index (χ0v) is 7.66. The zero-order valence-electron chi connectivity index (χ0n) is 7.66. The Morgan fingerprint density at radius 3 is 2.86 bits per heavy atom. The van der Waals surface area contributed by atoms with Crippen LogP contribution in [0.1, 0.15) is 12.0 Å². The van der Waals surface area contributed by atoms with Crippen LogP contribution in [0.25, 0.3) is 0 Å². The van der Waals surface area contributed by atoms with Crippen molar-refractivity contribution in [3.8, 4) is 18.1 Å². The van der Waals surface area contributed by atoms with Crippen LogP contribution in [0.2, 0.25) is 0 Å². The highest BCUT2D eigenvalue weighted by Crippen LogP contribution is 2.16. The highest BCUT2D eigenvalue weighted by molar-refractivity contribution is 5.29. The second kappa shape index (κ2) is 5.25. The first-order chi connectivity index (χ1) is 6.76. The molecule has 1 rings (SSSR count). The minimum Gasteiger partial charge on any atom is -0.492 e. The number of aliphatic hydroxyl groups excluding tert-OH is 1. The van der Waals surface area contributed by atoms with Crippen LogP contribution < -0.4 is 4.74 Å². The molecule has 0 spiro atoms. The van der Waals surface area contributed by atoms with Gasteiger partial charge in [-0.2, -0.15) is 0 Å². The number of hydrogen-bond acceptors (Lipinski definition) is 2. The molecule has 1 N–H and O–H groups in total. The van der Waals surface area contributed by atoms with E-state index in [4.69, 9.17) is 16.3 Å². The molecule has 0 heterocycles. The van der Waals surface area contributed by atoms with Gasteiger partial charge in [-0.25, -0.2) is 4.39 Å². The molecular weight excluding hydrogens is 183 g/mol. The summed E-state index contributed by atoms with van der Waals surface area (Å²) in [5, 5.41) is 8.80. The second-order valence-corrected chi connectivity index (χ2v) is 2.76. The second-order valence-electron chi connectivity index (χ2n) is 2.76. The summed E-state index contributed by atoms with van der Waals surface area (Å²) in [5.74, 6) is 2.38. The molecule has 0 bridgehead atoms. The number of hydrogen-bond donors (Lipinski definition) is 1. The Bertz CT molecular complexity index is 342. The molecule has 1 aromatic carbocycles. The molecule has 2 nitrogen and oxygen atoms in total. The van der Waals surface area contributed by atoms with E-state index in [1.165, 1.54) is 12.1 Å². The van der Waals surface area contributed by atoms with Crippen molar-refractivity contribution >= 4 is 0 Å². The molecule has 0 aliphatic carbocycles. The topological polar surface area (TPSA) is 29.5 Å². The quantitative estimate of drug-likeness (QED) is 0.584. The van der Waals surface area contributed by atoms with E-state index in [1.807, 2.05) is 0 Å². The average molecular weight is 194 g/mol. The standard InChI is InChI=1S/C11H11FO2/c1-2-3-4-14-11-6-9(8-13)5-10(12)7-11/h1,5-7,13H,3-4,8H2. The maximum Gasteiger partial charge on any atom is 0.127 e. The lowest BCUT2D eigenvalue weighted by atomic mass is 10.2. The first-order valence-electron chi connectivity index (χ1n) is 4.23. The Hall–Kier alpha value is -1.53. The number of rotatable bonds is 4. The molecule has 3 heteroatoms. The molecule has 1 aromatic rings. The van der Waals surface area contributed by atoms with Crippen LogP contribution >= 0.6 is 0 Å². The van der Waals surface area contributed by atoms with E-state index >= 15 is 0 Å². The summed E-state index contributed by atoms with van der Waals surface area (Å²) >= 11 is 0. The number of aliphatic hydroxyl groups is 1. The lowest BCUT2D eigenvalue weighted by Gasteiger charge is -2.05. The monoisotopic (exact) mass is 194 g/mol. The molecular formula is C11H11FO2. The first-order valence-corrected chi connectivity index (χ1v) is 4.23. The Morgan fingerprint density at radius 2 is 2.21 bits per heavy atom. The molecule has 0 aliphatic heterocycles. The summed E-state index contributed by atoms with van der Waals surface area (Å²) in [6, 6.07) is 4.10. The number of halogens is 1. The van der Waals surface area contributed by atoms with Crippen molar-refractivity contribution in [3.63, 3.8) is 0 Å². The van der Waals surface area contributed by atoms with E-state index in [0.717, 1.165) is 0 Å². The van der Waals surface area contributed by atoms with Crippen LogP contribution in [0.3, 0.4) is 0 Å². The SMILES string of the molecule is C#CCCOc1cc(F)cc(CO)c1. The van der Waals surface area contributed by atoms with Gasteiger partial charge in [0, 0.05) is 12.5 Å². The van der Waals surface area contributed by atoms with Gasteiger partial charge < -0.3 is 9.84 Å². The number of benzene rings is 1. The Kier molecular flexibility index (Phi) is 3.96. The maximum absolute atomic E-state index is 12.9. The summed E-state index contributed by atoms with van der Waals surface area (Å²) in [5.41, 5.74) is 0.487. The van der Waals surface area contributed by atoms with E-state index in [0.29, 0.717) is 24.3 Å². The van der Waals surface area contributed by atoms with Gasteiger partial charge in [-0.05, 0) is 17.7 Å². The van der Waals surface area contributed by atoms with Crippen LogP contribution in [-0.2, 0) is 6.61 Å². The van der Waals surface area contributed by atoms with Crippen molar-refractivity contribution in [2.45, 2.75) is 13.0 Å². The van der Waals surface area contributed by atoms with Crippen molar-refractivity contribution in [1.82, 2.24) is 0 Å². The predicted molar refractivity (Wildman–Crippen MR) is 51.3 cm³/mol. The van der Waals surface area contributed by atoms with Crippen LogP contribution in [0.5, 0.6) is 5.75 Å². The maximum atomic E-state index is 12.9. The highest BCUT2D eigenvalue weighted by Gasteiger charge is 2.00. The van der Waals surface area contributed by atoms with E-state index in [2.05, 4.69) is 5.92 Å². The van der Waals surface area contributed by atoms with Crippen molar-refractivity contribution in [2.24, 2.45) is 0 Å². The number of ether oxygens (including phenoxy) is 1. The van der Waals surface area contributed by atoms with Crippen molar-refractivity contribution in [2.75, 3.05) is 6.61 Å². The smallest absolute Gasteiger partial charge is 0.127 e. The van der Waals surface area contributed by atoms with Crippen molar-refractivity contribution in [3.05, 3.63) is 29.6 Å². The molecule has 0 unspecified atom stereocenters. The summed E-state index contributed by atoms with van der Waals surface area (Å²) in [4.78, 5) is 0. The molecule has 0 saturated carbocycles. The molecule has 0 saturated heterocycles. The van der Waals surface area contributed by atoms with Crippen molar-refractivity contribution in [1.29, 1.82) is 0 Å². The third kappa shape index (κ3) is 3.08. The van der Waals surface area contributed by atoms with Gasteiger partial charge in [0.15, 0.2) is 0 Å². The van der Waals surface area contributed by atoms with E-state index in [1.54, 1.807) is 6.07 Å². The van der Waals surface area contributed by atoms with Gasteiger partial charge in [0.05, 0.1) is 13.2 Å². The van der Waals surface area contributed by atoms with Crippen LogP contribution in [-0.4, -0.2) is 11.7 Å². The number of terminal acetylenes is 1. The first kappa shape index (κ1) is 10.6. The minimum absolute atomic E-state index is 0.205. The van der Waals surface area contributed by atoms with Gasteiger partial charge in [0.25, 0.3) is 0 Å². The molecule has 0 radical (unpaired) electrons. The van der Waals surface area contributed by atoms with Crippen LogP contribution in [0.15, 0.2) is 18.2 Å². The van der Waals surface area contributed by atoms with E-state index < -0.39 is 5.82 Å². The lowest BCUT2D eigenvalue weighted by molar-refractivity contribution is 0.278. The Labute approximate surface area is 82.3 Å². The van der Waals surface area contributed by atoms with Gasteiger partial charge >= 0.3 is 0 Å². The zero-order chi connectivity index (χ0) is 10.4. The molecule has 0 fully saturated rings. The normalized spacial score (nSPS) is 9.50.